The van der Waals surface area contributed by atoms with E-state index in [1.165, 1.54) is 16.7 Å². The van der Waals surface area contributed by atoms with Crippen molar-refractivity contribution in [3.05, 3.63) is 34.7 Å². The molecule has 162 valence electrons. The van der Waals surface area contributed by atoms with E-state index in [2.05, 4.69) is 16.0 Å². The molecule has 1 aromatic heterocycles. The largest absolute Gasteiger partial charge is 0.347 e. The Labute approximate surface area is 182 Å². The van der Waals surface area contributed by atoms with E-state index in [1.54, 1.807) is 11.3 Å². The second-order valence-electron chi connectivity index (χ2n) is 9.04. The van der Waals surface area contributed by atoms with E-state index in [0.29, 0.717) is 6.54 Å². The Balaban J connectivity index is 1.48. The fourth-order valence-corrected chi connectivity index (χ4v) is 4.54. The number of aromatic nitrogens is 1. The highest BCUT2D eigenvalue weighted by Gasteiger charge is 2.26. The average Bonchev–Trinajstić information content (AvgIpc) is 3.10. The van der Waals surface area contributed by atoms with E-state index < -0.39 is 0 Å². The van der Waals surface area contributed by atoms with Crippen LogP contribution in [0.4, 0.5) is 5.69 Å². The highest BCUT2D eigenvalue weighted by molar-refractivity contribution is 7.09. The van der Waals surface area contributed by atoms with Gasteiger partial charge in [-0.2, -0.15) is 0 Å². The number of piperazine rings is 1. The zero-order chi connectivity index (χ0) is 21.7. The SMILES string of the molecule is CC(=O)Nc1ccc(-c2csc(C[NH+]3CC[NH+](CC(=O)NC(C)(C)C)CC3)n2)cc1. The van der Waals surface area contributed by atoms with Gasteiger partial charge >= 0.3 is 0 Å². The van der Waals surface area contributed by atoms with Gasteiger partial charge in [0.25, 0.3) is 5.91 Å². The van der Waals surface area contributed by atoms with E-state index in [0.717, 1.165) is 54.7 Å². The first-order chi connectivity index (χ1) is 14.2. The summed E-state index contributed by atoms with van der Waals surface area (Å²) in [6, 6.07) is 7.78. The van der Waals surface area contributed by atoms with Crippen molar-refractivity contribution in [3.63, 3.8) is 0 Å². The summed E-state index contributed by atoms with van der Waals surface area (Å²) in [5, 5.41) is 9.07. The number of hydrogen-bond acceptors (Lipinski definition) is 4. The zero-order valence-electron chi connectivity index (χ0n) is 18.3. The van der Waals surface area contributed by atoms with E-state index >= 15 is 0 Å². The quantitative estimate of drug-likeness (QED) is 0.519. The third kappa shape index (κ3) is 6.90. The fraction of sp³-hybridized carbons (Fsp3) is 0.500. The van der Waals surface area contributed by atoms with Gasteiger partial charge in [-0.15, -0.1) is 11.3 Å². The number of amides is 2. The molecule has 7 nitrogen and oxygen atoms in total. The van der Waals surface area contributed by atoms with Crippen LogP contribution in [0.1, 0.15) is 32.7 Å². The molecule has 30 heavy (non-hydrogen) atoms. The molecular weight excluding hydrogens is 398 g/mol. The monoisotopic (exact) mass is 431 g/mol. The molecule has 0 saturated carbocycles. The molecule has 8 heteroatoms. The molecule has 0 spiro atoms. The Hall–Kier alpha value is -2.29. The van der Waals surface area contributed by atoms with Gasteiger partial charge < -0.3 is 20.4 Å². The van der Waals surface area contributed by atoms with Crippen molar-refractivity contribution < 1.29 is 19.4 Å². The summed E-state index contributed by atoms with van der Waals surface area (Å²) in [4.78, 5) is 31.0. The number of carbonyl (C=O) groups excluding carboxylic acids is 2. The zero-order valence-corrected chi connectivity index (χ0v) is 19.1. The second-order valence-corrected chi connectivity index (χ2v) is 9.98. The molecule has 1 aliphatic heterocycles. The molecule has 2 aromatic rings. The van der Waals surface area contributed by atoms with Crippen LogP contribution in [0.15, 0.2) is 29.6 Å². The molecule has 0 aliphatic carbocycles. The van der Waals surface area contributed by atoms with E-state index in [9.17, 15) is 9.59 Å². The van der Waals surface area contributed by atoms with Gasteiger partial charge in [0, 0.05) is 29.1 Å². The van der Waals surface area contributed by atoms with Crippen molar-refractivity contribution in [2.24, 2.45) is 0 Å². The summed E-state index contributed by atoms with van der Waals surface area (Å²) < 4.78 is 0. The number of quaternary nitrogens is 2. The van der Waals surface area contributed by atoms with Crippen LogP contribution in [0.25, 0.3) is 11.3 Å². The predicted octanol–water partition coefficient (Wildman–Crippen LogP) is -0.0334. The number of nitrogens with one attached hydrogen (secondary N) is 4. The Morgan fingerprint density at radius 3 is 2.30 bits per heavy atom. The summed E-state index contributed by atoms with van der Waals surface area (Å²) in [5.41, 5.74) is 2.66. The van der Waals surface area contributed by atoms with Crippen LogP contribution >= 0.6 is 11.3 Å². The van der Waals surface area contributed by atoms with Crippen molar-refractivity contribution in [1.82, 2.24) is 10.3 Å². The van der Waals surface area contributed by atoms with Gasteiger partial charge in [0.2, 0.25) is 5.91 Å². The van der Waals surface area contributed by atoms with Gasteiger partial charge in [-0.25, -0.2) is 4.98 Å². The van der Waals surface area contributed by atoms with Crippen LogP contribution in [0, 0.1) is 0 Å². The van der Waals surface area contributed by atoms with Crippen LogP contribution in [0.5, 0.6) is 0 Å². The number of carbonyl (C=O) groups is 2. The third-order valence-corrected chi connectivity index (χ3v) is 5.89. The van der Waals surface area contributed by atoms with Gasteiger partial charge in [0.15, 0.2) is 6.54 Å². The van der Waals surface area contributed by atoms with Gasteiger partial charge in [-0.1, -0.05) is 12.1 Å². The Bertz CT molecular complexity index is 864. The number of anilines is 1. The molecule has 1 saturated heterocycles. The number of thiazole rings is 1. The maximum absolute atomic E-state index is 12.1. The molecule has 0 atom stereocenters. The summed E-state index contributed by atoms with van der Waals surface area (Å²) in [5.74, 6) is 0.0634. The molecular formula is C22H33N5O2S+2. The number of rotatable bonds is 6. The molecule has 4 N–H and O–H groups in total. The van der Waals surface area contributed by atoms with Crippen LogP contribution in [-0.4, -0.2) is 55.1 Å². The summed E-state index contributed by atoms with van der Waals surface area (Å²) >= 11 is 1.70. The van der Waals surface area contributed by atoms with Crippen molar-refractivity contribution in [1.29, 1.82) is 0 Å². The third-order valence-electron chi connectivity index (χ3n) is 5.04. The van der Waals surface area contributed by atoms with Crippen molar-refractivity contribution in [3.8, 4) is 11.3 Å². The Kier molecular flexibility index (Phi) is 7.23. The van der Waals surface area contributed by atoms with Crippen molar-refractivity contribution >= 4 is 28.8 Å². The molecule has 3 rings (SSSR count). The van der Waals surface area contributed by atoms with Crippen molar-refractivity contribution in [2.75, 3.05) is 38.0 Å². The number of benzene rings is 1. The maximum atomic E-state index is 12.1. The fourth-order valence-electron chi connectivity index (χ4n) is 3.67. The van der Waals surface area contributed by atoms with E-state index in [-0.39, 0.29) is 17.4 Å². The molecule has 1 aromatic carbocycles. The van der Waals surface area contributed by atoms with Crippen LogP contribution in [0.2, 0.25) is 0 Å². The van der Waals surface area contributed by atoms with E-state index in [1.807, 2.05) is 45.0 Å². The smallest absolute Gasteiger partial charge is 0.275 e. The number of hydrogen-bond donors (Lipinski definition) is 4. The normalized spacial score (nSPS) is 19.3. The minimum Gasteiger partial charge on any atom is -0.347 e. The topological polar surface area (TPSA) is 80.0 Å². The predicted molar refractivity (Wildman–Crippen MR) is 120 cm³/mol. The molecule has 0 bridgehead atoms. The first-order valence-electron chi connectivity index (χ1n) is 10.5. The van der Waals surface area contributed by atoms with Crippen LogP contribution in [0.3, 0.4) is 0 Å². The lowest BCUT2D eigenvalue weighted by Crippen LogP contribution is -3.28. The maximum Gasteiger partial charge on any atom is 0.275 e. The molecule has 2 amide bonds. The van der Waals surface area contributed by atoms with Gasteiger partial charge in [-0.3, -0.25) is 9.59 Å². The first-order valence-corrected chi connectivity index (χ1v) is 11.4. The lowest BCUT2D eigenvalue weighted by molar-refractivity contribution is -1.02. The Morgan fingerprint density at radius 1 is 1.07 bits per heavy atom. The van der Waals surface area contributed by atoms with Crippen LogP contribution < -0.4 is 20.4 Å². The lowest BCUT2D eigenvalue weighted by atomic mass is 10.1. The van der Waals surface area contributed by atoms with Crippen molar-refractivity contribution in [2.45, 2.75) is 39.8 Å². The molecule has 1 fully saturated rings. The van der Waals surface area contributed by atoms with E-state index in [4.69, 9.17) is 4.98 Å². The number of nitrogens with zero attached hydrogens (tertiary/aromatic N) is 1. The van der Waals surface area contributed by atoms with Crippen LogP contribution in [-0.2, 0) is 16.1 Å². The van der Waals surface area contributed by atoms with Gasteiger partial charge in [0.05, 0.1) is 5.69 Å². The Morgan fingerprint density at radius 2 is 1.70 bits per heavy atom. The molecule has 2 heterocycles. The summed E-state index contributed by atoms with van der Waals surface area (Å²) in [6.07, 6.45) is 0. The second kappa shape index (κ2) is 9.68. The summed E-state index contributed by atoms with van der Waals surface area (Å²) in [6.45, 7) is 13.2. The summed E-state index contributed by atoms with van der Waals surface area (Å²) in [7, 11) is 0. The highest BCUT2D eigenvalue weighted by Crippen LogP contribution is 2.23. The average molecular weight is 432 g/mol. The molecule has 0 unspecified atom stereocenters. The standard InChI is InChI=1S/C22H31N5O2S/c1-16(28)23-18-7-5-17(6-8-18)19-15-30-21(24-19)14-27-11-9-26(10-12-27)13-20(29)25-22(2,3)4/h5-8,15H,9-14H2,1-4H3,(H,23,28)(H,25,29)/p+2. The first kappa shape index (κ1) is 22.4. The minimum atomic E-state index is -0.170. The highest BCUT2D eigenvalue weighted by atomic mass is 32.1. The minimum absolute atomic E-state index is 0.0709. The van der Waals surface area contributed by atoms with Gasteiger partial charge in [-0.05, 0) is 32.9 Å². The molecule has 1 aliphatic rings. The van der Waals surface area contributed by atoms with Gasteiger partial charge in [0.1, 0.15) is 37.7 Å². The molecule has 0 radical (unpaired) electrons. The lowest BCUT2D eigenvalue weighted by Gasteiger charge is -2.29.